The first-order chi connectivity index (χ1) is 8.80. The summed E-state index contributed by atoms with van der Waals surface area (Å²) in [5, 5.41) is 1.01. The Morgan fingerprint density at radius 3 is 2.50 bits per heavy atom. The highest BCUT2D eigenvalue weighted by molar-refractivity contribution is 9.09. The maximum absolute atomic E-state index is 5.81. The molecule has 0 fully saturated rings. The lowest BCUT2D eigenvalue weighted by molar-refractivity contribution is 0.202. The molecule has 18 heavy (non-hydrogen) atoms. The summed E-state index contributed by atoms with van der Waals surface area (Å²) in [7, 11) is 1.73. The summed E-state index contributed by atoms with van der Waals surface area (Å²) in [5.41, 5.74) is 1.29. The average Bonchev–Trinajstić information content (AvgIpc) is 2.42. The van der Waals surface area contributed by atoms with Crippen LogP contribution in [0.4, 0.5) is 0 Å². The molecule has 0 bridgehead atoms. The number of hydrogen-bond acceptors (Lipinski definition) is 2. The predicted octanol–water partition coefficient (Wildman–Crippen LogP) is 4.07. The molecule has 0 spiro atoms. The summed E-state index contributed by atoms with van der Waals surface area (Å²) in [5.74, 6) is 1.56. The van der Waals surface area contributed by atoms with Crippen LogP contribution >= 0.6 is 15.9 Å². The highest BCUT2D eigenvalue weighted by Gasteiger charge is 2.06. The molecule has 1 unspecified atom stereocenters. The molecule has 0 N–H and O–H groups in total. The standard InChI is InChI=1S/C15H23BrO2/c1-3-4-14(11-16)12-18-15-7-5-13(6-8-15)9-10-17-2/h5-8,14H,3-4,9-12H2,1-2H3. The smallest absolute Gasteiger partial charge is 0.119 e. The zero-order valence-corrected chi connectivity index (χ0v) is 12.9. The maximum atomic E-state index is 5.81. The molecule has 3 heteroatoms. The van der Waals surface area contributed by atoms with Gasteiger partial charge in [-0.1, -0.05) is 41.4 Å². The van der Waals surface area contributed by atoms with E-state index in [0.29, 0.717) is 5.92 Å². The molecule has 0 aliphatic carbocycles. The molecular weight excluding hydrogens is 292 g/mol. The molecule has 1 aromatic rings. The molecule has 102 valence electrons. The van der Waals surface area contributed by atoms with Gasteiger partial charge in [-0.2, -0.15) is 0 Å². The predicted molar refractivity (Wildman–Crippen MR) is 79.7 cm³/mol. The van der Waals surface area contributed by atoms with Crippen LogP contribution in [0.5, 0.6) is 5.75 Å². The van der Waals surface area contributed by atoms with Crippen molar-refractivity contribution in [2.45, 2.75) is 26.2 Å². The van der Waals surface area contributed by atoms with Crippen molar-refractivity contribution in [2.75, 3.05) is 25.7 Å². The summed E-state index contributed by atoms with van der Waals surface area (Å²) >= 11 is 3.54. The Balaban J connectivity index is 2.38. The van der Waals surface area contributed by atoms with Gasteiger partial charge in [0.25, 0.3) is 0 Å². The summed E-state index contributed by atoms with van der Waals surface area (Å²) < 4.78 is 10.9. The number of halogens is 1. The lowest BCUT2D eigenvalue weighted by atomic mass is 10.1. The van der Waals surface area contributed by atoms with Gasteiger partial charge in [0.1, 0.15) is 5.75 Å². The van der Waals surface area contributed by atoms with E-state index in [1.54, 1.807) is 7.11 Å². The second-order valence-electron chi connectivity index (χ2n) is 4.51. The highest BCUT2D eigenvalue weighted by Crippen LogP contribution is 2.16. The van der Waals surface area contributed by atoms with Gasteiger partial charge in [0.2, 0.25) is 0 Å². The van der Waals surface area contributed by atoms with E-state index in [2.05, 4.69) is 35.0 Å². The van der Waals surface area contributed by atoms with Crippen LogP contribution in [0.25, 0.3) is 0 Å². The van der Waals surface area contributed by atoms with E-state index in [9.17, 15) is 0 Å². The van der Waals surface area contributed by atoms with Crippen LogP contribution in [0.3, 0.4) is 0 Å². The summed E-state index contributed by atoms with van der Waals surface area (Å²) in [6, 6.07) is 8.30. The van der Waals surface area contributed by atoms with E-state index in [4.69, 9.17) is 9.47 Å². The molecule has 1 atom stereocenters. The lowest BCUT2D eigenvalue weighted by Gasteiger charge is -2.14. The number of alkyl halides is 1. The number of rotatable bonds is 9. The molecule has 2 nitrogen and oxygen atoms in total. The Morgan fingerprint density at radius 1 is 1.22 bits per heavy atom. The fourth-order valence-corrected chi connectivity index (χ4v) is 2.31. The minimum atomic E-state index is 0.600. The van der Waals surface area contributed by atoms with Gasteiger partial charge in [-0.15, -0.1) is 0 Å². The van der Waals surface area contributed by atoms with Crippen molar-refractivity contribution in [1.82, 2.24) is 0 Å². The summed E-state index contributed by atoms with van der Waals surface area (Å²) in [6.45, 7) is 3.76. The first-order valence-corrected chi connectivity index (χ1v) is 7.69. The first kappa shape index (κ1) is 15.5. The Labute approximate surface area is 119 Å². The zero-order valence-electron chi connectivity index (χ0n) is 11.3. The normalized spacial score (nSPS) is 12.4. The Bertz CT molecular complexity index is 311. The van der Waals surface area contributed by atoms with Crippen molar-refractivity contribution in [3.8, 4) is 5.75 Å². The quantitative estimate of drug-likeness (QED) is 0.640. The third-order valence-corrected chi connectivity index (χ3v) is 3.83. The van der Waals surface area contributed by atoms with Gasteiger partial charge < -0.3 is 9.47 Å². The van der Waals surface area contributed by atoms with Crippen LogP contribution in [0.15, 0.2) is 24.3 Å². The van der Waals surface area contributed by atoms with Crippen molar-refractivity contribution in [3.05, 3.63) is 29.8 Å². The number of hydrogen-bond donors (Lipinski definition) is 0. The molecule has 0 saturated carbocycles. The van der Waals surface area contributed by atoms with Crippen LogP contribution < -0.4 is 4.74 Å². The van der Waals surface area contributed by atoms with Gasteiger partial charge in [-0.25, -0.2) is 0 Å². The van der Waals surface area contributed by atoms with Gasteiger partial charge in [-0.3, -0.25) is 0 Å². The van der Waals surface area contributed by atoms with Crippen molar-refractivity contribution < 1.29 is 9.47 Å². The molecule has 1 aromatic carbocycles. The zero-order chi connectivity index (χ0) is 13.2. The molecule has 0 saturated heterocycles. The summed E-state index contributed by atoms with van der Waals surface area (Å²) in [6.07, 6.45) is 3.36. The second kappa shape index (κ2) is 9.40. The minimum absolute atomic E-state index is 0.600. The number of methoxy groups -OCH3 is 1. The third kappa shape index (κ3) is 5.87. The number of benzene rings is 1. The fourth-order valence-electron chi connectivity index (χ4n) is 1.80. The Kier molecular flexibility index (Phi) is 8.10. The lowest BCUT2D eigenvalue weighted by Crippen LogP contribution is -2.13. The van der Waals surface area contributed by atoms with E-state index in [1.807, 2.05) is 12.1 Å². The van der Waals surface area contributed by atoms with Gasteiger partial charge in [-0.05, 0) is 30.5 Å². The van der Waals surface area contributed by atoms with E-state index in [1.165, 1.54) is 18.4 Å². The van der Waals surface area contributed by atoms with Crippen molar-refractivity contribution >= 4 is 15.9 Å². The molecule has 0 aromatic heterocycles. The first-order valence-electron chi connectivity index (χ1n) is 6.56. The van der Waals surface area contributed by atoms with Crippen molar-refractivity contribution in [3.63, 3.8) is 0 Å². The van der Waals surface area contributed by atoms with Crippen molar-refractivity contribution in [1.29, 1.82) is 0 Å². The molecule has 0 aliphatic rings. The topological polar surface area (TPSA) is 18.5 Å². The van der Waals surface area contributed by atoms with Crippen LogP contribution in [0.1, 0.15) is 25.3 Å². The number of ether oxygens (including phenoxy) is 2. The van der Waals surface area contributed by atoms with Gasteiger partial charge >= 0.3 is 0 Å². The van der Waals surface area contributed by atoms with Crippen LogP contribution in [0, 0.1) is 5.92 Å². The average molecular weight is 315 g/mol. The van der Waals surface area contributed by atoms with E-state index >= 15 is 0 Å². The van der Waals surface area contributed by atoms with E-state index < -0.39 is 0 Å². The molecule has 0 radical (unpaired) electrons. The van der Waals surface area contributed by atoms with Gasteiger partial charge in [0.15, 0.2) is 0 Å². The highest BCUT2D eigenvalue weighted by atomic mass is 79.9. The van der Waals surface area contributed by atoms with E-state index in [-0.39, 0.29) is 0 Å². The monoisotopic (exact) mass is 314 g/mol. The van der Waals surface area contributed by atoms with Gasteiger partial charge in [0, 0.05) is 18.4 Å². The fraction of sp³-hybridized carbons (Fsp3) is 0.600. The van der Waals surface area contributed by atoms with Crippen molar-refractivity contribution in [2.24, 2.45) is 5.92 Å². The minimum Gasteiger partial charge on any atom is -0.493 e. The van der Waals surface area contributed by atoms with Crippen LogP contribution in [-0.4, -0.2) is 25.7 Å². The van der Waals surface area contributed by atoms with E-state index in [0.717, 1.165) is 30.7 Å². The summed E-state index contributed by atoms with van der Waals surface area (Å²) in [4.78, 5) is 0. The molecular formula is C15H23BrO2. The van der Waals surface area contributed by atoms with Gasteiger partial charge in [0.05, 0.1) is 13.2 Å². The molecule has 0 amide bonds. The molecule has 0 heterocycles. The third-order valence-electron chi connectivity index (χ3n) is 2.92. The van der Waals surface area contributed by atoms with Crippen LogP contribution in [-0.2, 0) is 11.2 Å². The second-order valence-corrected chi connectivity index (χ2v) is 5.15. The Morgan fingerprint density at radius 2 is 1.94 bits per heavy atom. The molecule has 1 rings (SSSR count). The SMILES string of the molecule is CCCC(CBr)COc1ccc(CCOC)cc1. The largest absolute Gasteiger partial charge is 0.493 e. The maximum Gasteiger partial charge on any atom is 0.119 e. The Hall–Kier alpha value is -0.540. The molecule has 0 aliphatic heterocycles. The van der Waals surface area contributed by atoms with Crippen LogP contribution in [0.2, 0.25) is 0 Å².